The lowest BCUT2D eigenvalue weighted by Crippen LogP contribution is -2.53. The van der Waals surface area contributed by atoms with E-state index in [1.165, 1.54) is 16.8 Å². The number of aromatic nitrogens is 1. The Morgan fingerprint density at radius 2 is 1.68 bits per heavy atom. The van der Waals surface area contributed by atoms with E-state index in [0.717, 1.165) is 18.7 Å². The van der Waals surface area contributed by atoms with Crippen molar-refractivity contribution in [1.29, 1.82) is 0 Å². The van der Waals surface area contributed by atoms with Crippen LogP contribution in [0.15, 0.2) is 66.9 Å². The number of urea groups is 1. The summed E-state index contributed by atoms with van der Waals surface area (Å²) in [6.45, 7) is 6.82. The van der Waals surface area contributed by atoms with Crippen LogP contribution >= 0.6 is 0 Å². The molecule has 2 aromatic carbocycles. The van der Waals surface area contributed by atoms with Crippen molar-refractivity contribution < 1.29 is 14.7 Å². The van der Waals surface area contributed by atoms with Gasteiger partial charge in [0.1, 0.15) is 12.4 Å². The molecule has 1 saturated heterocycles. The number of amides is 2. The van der Waals surface area contributed by atoms with E-state index in [2.05, 4.69) is 41.9 Å². The van der Waals surface area contributed by atoms with E-state index in [-0.39, 0.29) is 11.8 Å². The summed E-state index contributed by atoms with van der Waals surface area (Å²) in [6.07, 6.45) is 1.68. The number of anilines is 2. The first-order valence-electron chi connectivity index (χ1n) is 11.5. The first-order chi connectivity index (χ1) is 16.5. The molecule has 1 aliphatic rings. The van der Waals surface area contributed by atoms with Gasteiger partial charge in [0.25, 0.3) is 0 Å². The number of nitrogens with zero attached hydrogens (tertiary/aromatic N) is 4. The molecule has 0 saturated carbocycles. The second-order valence-electron chi connectivity index (χ2n) is 8.58. The predicted molar refractivity (Wildman–Crippen MR) is 133 cm³/mol. The van der Waals surface area contributed by atoms with Crippen molar-refractivity contribution in [3.63, 3.8) is 0 Å². The Morgan fingerprint density at radius 3 is 2.29 bits per heavy atom. The summed E-state index contributed by atoms with van der Waals surface area (Å²) in [5.41, 5.74) is 5.06. The smallest absolute Gasteiger partial charge is 0.326 e. The summed E-state index contributed by atoms with van der Waals surface area (Å²) in [6, 6.07) is 18.9. The lowest BCUT2D eigenvalue weighted by atomic mass is 10.1. The molecule has 1 aliphatic heterocycles. The summed E-state index contributed by atoms with van der Waals surface area (Å²) in [7, 11) is 0. The Kier molecular flexibility index (Phi) is 7.23. The van der Waals surface area contributed by atoms with Crippen molar-refractivity contribution in [3.8, 4) is 0 Å². The van der Waals surface area contributed by atoms with Gasteiger partial charge in [-0.3, -0.25) is 9.69 Å². The fourth-order valence-electron chi connectivity index (χ4n) is 4.08. The molecule has 7 heteroatoms. The third kappa shape index (κ3) is 5.26. The summed E-state index contributed by atoms with van der Waals surface area (Å²) < 4.78 is 0. The lowest BCUT2D eigenvalue weighted by Gasteiger charge is -2.38. The minimum atomic E-state index is -0.522. The van der Waals surface area contributed by atoms with Crippen molar-refractivity contribution >= 4 is 23.3 Å². The van der Waals surface area contributed by atoms with Gasteiger partial charge in [0.15, 0.2) is 5.78 Å². The molecule has 0 bridgehead atoms. The monoisotopic (exact) mass is 458 g/mol. The molecule has 1 aromatic heterocycles. The zero-order chi connectivity index (χ0) is 24.1. The Bertz CT molecular complexity index is 1140. The molecule has 0 atom stereocenters. The molecule has 0 spiro atoms. The molecule has 0 unspecified atom stereocenters. The molecule has 176 valence electrons. The van der Waals surface area contributed by atoms with Crippen molar-refractivity contribution in [3.05, 3.63) is 89.1 Å². The molecule has 2 heterocycles. The van der Waals surface area contributed by atoms with Crippen molar-refractivity contribution in [2.24, 2.45) is 0 Å². The molecular formula is C27H30N4O3. The van der Waals surface area contributed by atoms with Crippen LogP contribution in [-0.4, -0.2) is 59.6 Å². The van der Waals surface area contributed by atoms with Crippen LogP contribution in [0.5, 0.6) is 0 Å². The number of carbonyl (C=O) groups excluding carboxylic acids is 2. The number of benzene rings is 2. The molecule has 4 rings (SSSR count). The minimum Gasteiger partial charge on any atom is -0.388 e. The molecule has 0 aliphatic carbocycles. The van der Waals surface area contributed by atoms with Crippen LogP contribution in [0.25, 0.3) is 0 Å². The van der Waals surface area contributed by atoms with Gasteiger partial charge >= 0.3 is 6.03 Å². The van der Waals surface area contributed by atoms with Gasteiger partial charge < -0.3 is 14.9 Å². The van der Waals surface area contributed by atoms with Gasteiger partial charge in [-0.25, -0.2) is 9.78 Å². The molecule has 1 N–H and O–H groups in total. The summed E-state index contributed by atoms with van der Waals surface area (Å²) in [5.74, 6) is 0.255. The number of aliphatic hydroxyl groups excluding tert-OH is 1. The van der Waals surface area contributed by atoms with Crippen LogP contribution in [0.2, 0.25) is 0 Å². The maximum atomic E-state index is 13.6. The van der Waals surface area contributed by atoms with E-state index in [4.69, 9.17) is 5.11 Å². The van der Waals surface area contributed by atoms with Gasteiger partial charge in [0.2, 0.25) is 0 Å². The minimum absolute atomic E-state index is 0.0889. The van der Waals surface area contributed by atoms with Gasteiger partial charge in [-0.15, -0.1) is 0 Å². The molecular weight excluding hydrogens is 428 g/mol. The fourth-order valence-corrected chi connectivity index (χ4v) is 4.08. The highest BCUT2D eigenvalue weighted by Gasteiger charge is 2.27. The average molecular weight is 459 g/mol. The Hall–Kier alpha value is -3.71. The number of aryl methyl sites for hydroxylation is 2. The van der Waals surface area contributed by atoms with Crippen LogP contribution in [0.3, 0.4) is 0 Å². The molecule has 0 radical (unpaired) electrons. The van der Waals surface area contributed by atoms with E-state index >= 15 is 0 Å². The van der Waals surface area contributed by atoms with Crippen LogP contribution in [-0.2, 0) is 6.54 Å². The molecule has 2 amide bonds. The lowest BCUT2D eigenvalue weighted by molar-refractivity contribution is 0.0903. The number of Topliss-reactive ketones (excluding diaryl/α,β-unsaturated/α-hetero) is 1. The summed E-state index contributed by atoms with van der Waals surface area (Å²) >= 11 is 0. The Morgan fingerprint density at radius 1 is 0.941 bits per heavy atom. The second kappa shape index (κ2) is 10.5. The quantitative estimate of drug-likeness (QED) is 0.569. The molecule has 1 fully saturated rings. The number of hydrogen-bond donors (Lipinski definition) is 1. The summed E-state index contributed by atoms with van der Waals surface area (Å²) in [4.78, 5) is 35.6. The fraction of sp³-hybridized carbons (Fsp3) is 0.296. The topological polar surface area (TPSA) is 77.0 Å². The first kappa shape index (κ1) is 23.4. The standard InChI is InChI=1S/C27H30N4O3/c1-20-6-11-24(17-21(20)2)29-13-15-30(16-14-29)27(34)31(26-5-3-4-12-28-26)18-22-7-9-23(10-8-22)25(33)19-32/h3-12,17,32H,13-16,18-19H2,1-2H3. The summed E-state index contributed by atoms with van der Waals surface area (Å²) in [5, 5.41) is 9.07. The zero-order valence-electron chi connectivity index (χ0n) is 19.6. The van der Waals surface area contributed by atoms with Crippen molar-refractivity contribution in [1.82, 2.24) is 9.88 Å². The van der Waals surface area contributed by atoms with E-state index < -0.39 is 6.61 Å². The third-order valence-corrected chi connectivity index (χ3v) is 6.32. The SMILES string of the molecule is Cc1ccc(N2CCN(C(=O)N(Cc3ccc(C(=O)CO)cc3)c3ccccn3)CC2)cc1C. The number of pyridine rings is 1. The Balaban J connectivity index is 1.48. The van der Waals surface area contributed by atoms with Gasteiger partial charge in [-0.2, -0.15) is 0 Å². The van der Waals surface area contributed by atoms with Crippen LogP contribution in [0, 0.1) is 13.8 Å². The number of piperazine rings is 1. The van der Waals surface area contributed by atoms with Gasteiger partial charge in [-0.05, 0) is 54.8 Å². The van der Waals surface area contributed by atoms with Crippen LogP contribution < -0.4 is 9.80 Å². The Labute approximate surface area is 200 Å². The molecule has 34 heavy (non-hydrogen) atoms. The van der Waals surface area contributed by atoms with Crippen LogP contribution in [0.1, 0.15) is 27.0 Å². The first-order valence-corrected chi connectivity index (χ1v) is 11.5. The number of rotatable bonds is 6. The maximum Gasteiger partial charge on any atom is 0.326 e. The number of aliphatic hydroxyl groups is 1. The van der Waals surface area contributed by atoms with E-state index in [1.54, 1.807) is 23.2 Å². The van der Waals surface area contributed by atoms with Crippen molar-refractivity contribution in [2.75, 3.05) is 42.6 Å². The van der Waals surface area contributed by atoms with E-state index in [9.17, 15) is 9.59 Å². The highest BCUT2D eigenvalue weighted by Crippen LogP contribution is 2.22. The number of ketones is 1. The number of carbonyl (C=O) groups is 2. The van der Waals surface area contributed by atoms with Gasteiger partial charge in [0, 0.05) is 43.6 Å². The molecule has 7 nitrogen and oxygen atoms in total. The van der Waals surface area contributed by atoms with Crippen LogP contribution in [0.4, 0.5) is 16.3 Å². The third-order valence-electron chi connectivity index (χ3n) is 6.32. The van der Waals surface area contributed by atoms with Gasteiger partial charge in [0.05, 0.1) is 6.54 Å². The highest BCUT2D eigenvalue weighted by molar-refractivity contribution is 5.97. The second-order valence-corrected chi connectivity index (χ2v) is 8.58. The van der Waals surface area contributed by atoms with E-state index in [0.29, 0.717) is 31.0 Å². The largest absolute Gasteiger partial charge is 0.388 e. The predicted octanol–water partition coefficient (Wildman–Crippen LogP) is 3.82. The average Bonchev–Trinajstić information content (AvgIpc) is 2.89. The highest BCUT2D eigenvalue weighted by atomic mass is 16.3. The van der Waals surface area contributed by atoms with Gasteiger partial charge in [-0.1, -0.05) is 36.4 Å². The molecule has 3 aromatic rings. The van der Waals surface area contributed by atoms with E-state index in [1.807, 2.05) is 35.2 Å². The number of hydrogen-bond acceptors (Lipinski definition) is 5. The maximum absolute atomic E-state index is 13.6. The zero-order valence-corrected chi connectivity index (χ0v) is 19.6. The normalized spacial score (nSPS) is 13.6. The van der Waals surface area contributed by atoms with Crippen molar-refractivity contribution in [2.45, 2.75) is 20.4 Å².